The number of ether oxygens (including phenoxy) is 1. The van der Waals surface area contributed by atoms with Crippen LogP contribution in [-0.4, -0.2) is 33.4 Å². The number of aromatic hydroxyl groups is 1. The van der Waals surface area contributed by atoms with E-state index in [4.69, 9.17) is 16.3 Å². The highest BCUT2D eigenvalue weighted by molar-refractivity contribution is 6.33. The molecule has 7 heteroatoms. The number of carbonyl (C=O) groups is 1. The summed E-state index contributed by atoms with van der Waals surface area (Å²) in [6.45, 7) is 0. The van der Waals surface area contributed by atoms with Crippen LogP contribution in [-0.2, 0) is 0 Å². The molecule has 1 aromatic carbocycles. The lowest BCUT2D eigenvalue weighted by atomic mass is 10.1. The molecule has 0 fully saturated rings. The highest BCUT2D eigenvalue weighted by Gasteiger charge is 2.20. The minimum atomic E-state index is -0.510. The number of phenolic OH excluding ortho intramolecular Hbond substituents is 1. The number of aromatic nitrogens is 3. The van der Waals surface area contributed by atoms with E-state index in [9.17, 15) is 9.90 Å². The quantitative estimate of drug-likeness (QED) is 0.808. The van der Waals surface area contributed by atoms with Gasteiger partial charge in [-0.1, -0.05) is 11.6 Å². The third-order valence-corrected chi connectivity index (χ3v) is 2.43. The van der Waals surface area contributed by atoms with Crippen molar-refractivity contribution in [1.29, 1.82) is 0 Å². The fourth-order valence-corrected chi connectivity index (χ4v) is 1.49. The van der Waals surface area contributed by atoms with Crippen LogP contribution in [0.2, 0.25) is 5.15 Å². The van der Waals surface area contributed by atoms with E-state index in [-0.39, 0.29) is 22.2 Å². The van der Waals surface area contributed by atoms with Crippen LogP contribution in [0.3, 0.4) is 0 Å². The standard InChI is InChI=1S/C10H8ClN3O3/c1-17-5-2-3-6(7(15)4-5)9(16)8-10(11)13-14-12-8/h2-4,15H,1H3,(H,12,13,14). The summed E-state index contributed by atoms with van der Waals surface area (Å²) in [5, 5.41) is 19.0. The number of methoxy groups -OCH3 is 1. The Morgan fingerprint density at radius 2 is 2.24 bits per heavy atom. The molecule has 6 nitrogen and oxygen atoms in total. The highest BCUT2D eigenvalue weighted by Crippen LogP contribution is 2.26. The van der Waals surface area contributed by atoms with Crippen molar-refractivity contribution in [3.05, 3.63) is 34.6 Å². The Morgan fingerprint density at radius 1 is 1.47 bits per heavy atom. The molecule has 0 atom stereocenters. The number of benzene rings is 1. The molecule has 2 N–H and O–H groups in total. The topological polar surface area (TPSA) is 88.1 Å². The second kappa shape index (κ2) is 4.42. The van der Waals surface area contributed by atoms with Crippen LogP contribution >= 0.6 is 11.6 Å². The fraction of sp³-hybridized carbons (Fsp3) is 0.100. The monoisotopic (exact) mass is 253 g/mol. The van der Waals surface area contributed by atoms with Crippen LogP contribution in [0.1, 0.15) is 16.1 Å². The lowest BCUT2D eigenvalue weighted by Gasteiger charge is -2.04. The Balaban J connectivity index is 2.41. The fourth-order valence-electron chi connectivity index (χ4n) is 1.32. The van der Waals surface area contributed by atoms with Crippen molar-refractivity contribution in [1.82, 2.24) is 15.4 Å². The first kappa shape index (κ1) is 11.4. The number of rotatable bonds is 3. The van der Waals surface area contributed by atoms with Gasteiger partial charge in [-0.15, -0.1) is 5.10 Å². The van der Waals surface area contributed by atoms with E-state index < -0.39 is 5.78 Å². The predicted octanol–water partition coefficient (Wildman–Crippen LogP) is 1.40. The zero-order valence-corrected chi connectivity index (χ0v) is 9.52. The number of halogens is 1. The van der Waals surface area contributed by atoms with Crippen LogP contribution < -0.4 is 4.74 Å². The van der Waals surface area contributed by atoms with E-state index in [1.807, 2.05) is 0 Å². The molecule has 1 aromatic heterocycles. The van der Waals surface area contributed by atoms with Crippen molar-refractivity contribution < 1.29 is 14.6 Å². The van der Waals surface area contributed by atoms with E-state index in [1.165, 1.54) is 19.2 Å². The minimum absolute atomic E-state index is 0.0351. The first-order valence-corrected chi connectivity index (χ1v) is 4.99. The summed E-state index contributed by atoms with van der Waals surface area (Å²) in [6, 6.07) is 4.32. The SMILES string of the molecule is COc1ccc(C(=O)c2n[nH]nc2Cl)c(O)c1. The molecule has 0 aliphatic rings. The molecule has 0 spiro atoms. The summed E-state index contributed by atoms with van der Waals surface area (Å²) in [4.78, 5) is 11.9. The number of aromatic amines is 1. The molecule has 0 unspecified atom stereocenters. The number of nitrogens with one attached hydrogen (secondary N) is 1. The van der Waals surface area contributed by atoms with Crippen LogP contribution in [0, 0.1) is 0 Å². The van der Waals surface area contributed by atoms with Gasteiger partial charge < -0.3 is 9.84 Å². The van der Waals surface area contributed by atoms with Gasteiger partial charge in [-0.3, -0.25) is 4.79 Å². The van der Waals surface area contributed by atoms with E-state index in [1.54, 1.807) is 6.07 Å². The van der Waals surface area contributed by atoms with Crippen molar-refractivity contribution in [2.45, 2.75) is 0 Å². The molecule has 0 bridgehead atoms. The lowest BCUT2D eigenvalue weighted by molar-refractivity contribution is 0.103. The summed E-state index contributed by atoms with van der Waals surface area (Å²) in [6.07, 6.45) is 0. The molecule has 88 valence electrons. The molecule has 0 amide bonds. The average molecular weight is 254 g/mol. The Kier molecular flexibility index (Phi) is 2.97. The maximum absolute atomic E-state index is 11.9. The summed E-state index contributed by atoms with van der Waals surface area (Å²) in [7, 11) is 1.46. The van der Waals surface area contributed by atoms with Gasteiger partial charge in [0.25, 0.3) is 0 Å². The summed E-state index contributed by atoms with van der Waals surface area (Å²) >= 11 is 5.66. The van der Waals surface area contributed by atoms with Gasteiger partial charge in [-0.05, 0) is 12.1 Å². The van der Waals surface area contributed by atoms with Crippen molar-refractivity contribution in [2.24, 2.45) is 0 Å². The number of carbonyl (C=O) groups excluding carboxylic acids is 1. The van der Waals surface area contributed by atoms with Crippen LogP contribution in [0.4, 0.5) is 0 Å². The molecule has 17 heavy (non-hydrogen) atoms. The predicted molar refractivity (Wildman–Crippen MR) is 59.5 cm³/mol. The number of nitrogens with zero attached hydrogens (tertiary/aromatic N) is 2. The minimum Gasteiger partial charge on any atom is -0.507 e. The number of hydrogen-bond acceptors (Lipinski definition) is 5. The second-order valence-electron chi connectivity index (χ2n) is 3.18. The van der Waals surface area contributed by atoms with Crippen LogP contribution in [0.5, 0.6) is 11.5 Å². The summed E-state index contributed by atoms with van der Waals surface area (Å²) in [5.41, 5.74) is 0.0498. The summed E-state index contributed by atoms with van der Waals surface area (Å²) < 4.78 is 4.91. The van der Waals surface area contributed by atoms with E-state index in [2.05, 4.69) is 15.4 Å². The number of hydrogen-bond donors (Lipinski definition) is 2. The maximum atomic E-state index is 11.9. The molecule has 0 aliphatic heterocycles. The average Bonchev–Trinajstić information content (AvgIpc) is 2.74. The van der Waals surface area contributed by atoms with E-state index >= 15 is 0 Å². The summed E-state index contributed by atoms with van der Waals surface area (Å²) in [5.74, 6) is -0.261. The number of ketones is 1. The molecular weight excluding hydrogens is 246 g/mol. The number of H-pyrrole nitrogens is 1. The Labute approximate surface area is 101 Å². The molecular formula is C10H8ClN3O3. The van der Waals surface area contributed by atoms with Gasteiger partial charge in [0.05, 0.1) is 12.7 Å². The first-order valence-electron chi connectivity index (χ1n) is 4.61. The smallest absolute Gasteiger partial charge is 0.220 e. The van der Waals surface area contributed by atoms with Crippen molar-refractivity contribution in [3.8, 4) is 11.5 Å². The van der Waals surface area contributed by atoms with Gasteiger partial charge in [-0.25, -0.2) is 0 Å². The molecule has 0 radical (unpaired) electrons. The molecule has 1 heterocycles. The second-order valence-corrected chi connectivity index (χ2v) is 3.53. The van der Waals surface area contributed by atoms with E-state index in [0.717, 1.165) is 0 Å². The third kappa shape index (κ3) is 2.07. The molecule has 0 saturated carbocycles. The Bertz CT molecular complexity index is 568. The van der Waals surface area contributed by atoms with Crippen molar-refractivity contribution in [3.63, 3.8) is 0 Å². The van der Waals surface area contributed by atoms with Crippen molar-refractivity contribution >= 4 is 17.4 Å². The third-order valence-electron chi connectivity index (χ3n) is 2.17. The van der Waals surface area contributed by atoms with Gasteiger partial charge in [0, 0.05) is 6.07 Å². The first-order chi connectivity index (χ1) is 8.13. The van der Waals surface area contributed by atoms with Crippen LogP contribution in [0.25, 0.3) is 0 Å². The lowest BCUT2D eigenvalue weighted by Crippen LogP contribution is -2.03. The van der Waals surface area contributed by atoms with E-state index in [0.29, 0.717) is 5.75 Å². The van der Waals surface area contributed by atoms with Gasteiger partial charge >= 0.3 is 0 Å². The molecule has 0 aliphatic carbocycles. The van der Waals surface area contributed by atoms with Gasteiger partial charge in [0.2, 0.25) is 5.78 Å². The normalized spacial score (nSPS) is 10.2. The highest BCUT2D eigenvalue weighted by atomic mass is 35.5. The van der Waals surface area contributed by atoms with Gasteiger partial charge in [-0.2, -0.15) is 10.3 Å². The molecule has 2 rings (SSSR count). The van der Waals surface area contributed by atoms with Gasteiger partial charge in [0.1, 0.15) is 11.5 Å². The Hall–Kier alpha value is -2.08. The van der Waals surface area contributed by atoms with Gasteiger partial charge in [0.15, 0.2) is 10.8 Å². The maximum Gasteiger partial charge on any atom is 0.220 e. The zero-order valence-electron chi connectivity index (χ0n) is 8.77. The Morgan fingerprint density at radius 3 is 2.76 bits per heavy atom. The number of phenols is 1. The molecule has 0 saturated heterocycles. The van der Waals surface area contributed by atoms with Crippen LogP contribution in [0.15, 0.2) is 18.2 Å². The molecule has 2 aromatic rings. The zero-order chi connectivity index (χ0) is 12.4. The van der Waals surface area contributed by atoms with Crippen molar-refractivity contribution in [2.75, 3.05) is 7.11 Å². The largest absolute Gasteiger partial charge is 0.507 e.